The van der Waals surface area contributed by atoms with Crippen molar-refractivity contribution in [2.24, 2.45) is 0 Å². The zero-order chi connectivity index (χ0) is 9.40. The number of phenols is 2. The fourth-order valence-corrected chi connectivity index (χ4v) is 0.464. The summed E-state index contributed by atoms with van der Waals surface area (Å²) in [4.78, 5) is 0. The van der Waals surface area contributed by atoms with E-state index in [4.69, 9.17) is 10.2 Å². The molecular weight excluding hydrogens is 152 g/mol. The van der Waals surface area contributed by atoms with Gasteiger partial charge in [-0.05, 0) is 12.1 Å². The number of phenolic OH excluding ortho intramolecular Hbond substituents is 2. The fraction of sp³-hybridized carbons (Fsp3) is 0.400. The Hall–Kier alpha value is -1.18. The lowest BCUT2D eigenvalue weighted by Gasteiger charge is -1.91. The van der Waals surface area contributed by atoms with Crippen LogP contribution < -0.4 is 0 Å². The van der Waals surface area contributed by atoms with Crippen molar-refractivity contribution < 1.29 is 10.2 Å². The molecule has 12 heavy (non-hydrogen) atoms. The molecule has 0 fully saturated rings. The van der Waals surface area contributed by atoms with E-state index < -0.39 is 0 Å². The number of hydrogen-bond acceptors (Lipinski definition) is 2. The van der Waals surface area contributed by atoms with Crippen LogP contribution in [0.5, 0.6) is 11.5 Å². The molecule has 0 heterocycles. The van der Waals surface area contributed by atoms with Crippen LogP contribution >= 0.6 is 0 Å². The van der Waals surface area contributed by atoms with Gasteiger partial charge >= 0.3 is 0 Å². The van der Waals surface area contributed by atoms with Crippen molar-refractivity contribution in [3.63, 3.8) is 0 Å². The van der Waals surface area contributed by atoms with Crippen molar-refractivity contribution in [2.45, 2.75) is 26.7 Å². The average molecular weight is 168 g/mol. The van der Waals surface area contributed by atoms with Gasteiger partial charge in [0.15, 0.2) is 11.5 Å². The molecule has 0 spiro atoms. The summed E-state index contributed by atoms with van der Waals surface area (Å²) in [5.74, 6) is -0.153. The van der Waals surface area contributed by atoms with E-state index in [-0.39, 0.29) is 11.5 Å². The van der Waals surface area contributed by atoms with Crippen molar-refractivity contribution >= 4 is 0 Å². The molecule has 0 saturated carbocycles. The second kappa shape index (κ2) is 6.53. The minimum absolute atomic E-state index is 0.0764. The molecule has 2 N–H and O–H groups in total. The van der Waals surface area contributed by atoms with Crippen molar-refractivity contribution in [1.29, 1.82) is 0 Å². The maximum atomic E-state index is 8.67. The van der Waals surface area contributed by atoms with E-state index in [1.165, 1.54) is 25.0 Å². The highest BCUT2D eigenvalue weighted by Gasteiger charge is 1.90. The van der Waals surface area contributed by atoms with E-state index in [0.29, 0.717) is 0 Å². The summed E-state index contributed by atoms with van der Waals surface area (Å²) in [6.45, 7) is 4.36. The lowest BCUT2D eigenvalue weighted by atomic mass is 10.3. The Bertz CT molecular complexity index is 186. The van der Waals surface area contributed by atoms with Gasteiger partial charge in [0, 0.05) is 0 Å². The SMILES string of the molecule is CCCC.Oc1ccccc1O. The van der Waals surface area contributed by atoms with Gasteiger partial charge < -0.3 is 10.2 Å². The molecule has 0 bridgehead atoms. The Kier molecular flexibility index (Phi) is 5.88. The molecule has 2 nitrogen and oxygen atoms in total. The van der Waals surface area contributed by atoms with Crippen molar-refractivity contribution in [3.8, 4) is 11.5 Å². The van der Waals surface area contributed by atoms with Crippen LogP contribution in [0.4, 0.5) is 0 Å². The zero-order valence-electron chi connectivity index (χ0n) is 7.62. The molecule has 1 rings (SSSR count). The van der Waals surface area contributed by atoms with Crippen LogP contribution in [0.25, 0.3) is 0 Å². The maximum Gasteiger partial charge on any atom is 0.157 e. The highest BCUT2D eigenvalue weighted by molar-refractivity contribution is 5.36. The van der Waals surface area contributed by atoms with E-state index in [1.807, 2.05) is 0 Å². The highest BCUT2D eigenvalue weighted by atomic mass is 16.3. The van der Waals surface area contributed by atoms with Crippen LogP contribution in [0.1, 0.15) is 26.7 Å². The quantitative estimate of drug-likeness (QED) is 0.633. The van der Waals surface area contributed by atoms with Gasteiger partial charge in [0.25, 0.3) is 0 Å². The standard InChI is InChI=1S/C6H6O2.C4H10/c7-5-3-1-2-4-6(5)8;1-3-4-2/h1-4,7-8H;3-4H2,1-2H3. The first kappa shape index (κ1) is 10.8. The Morgan fingerprint density at radius 1 is 0.917 bits per heavy atom. The third-order valence-electron chi connectivity index (χ3n) is 1.38. The van der Waals surface area contributed by atoms with Crippen molar-refractivity contribution in [2.75, 3.05) is 0 Å². The first-order chi connectivity index (χ1) is 5.72. The first-order valence-corrected chi connectivity index (χ1v) is 4.19. The Labute approximate surface area is 73.5 Å². The molecule has 1 aromatic carbocycles. The maximum absolute atomic E-state index is 8.67. The molecule has 0 atom stereocenters. The van der Waals surface area contributed by atoms with Gasteiger partial charge in [-0.2, -0.15) is 0 Å². The van der Waals surface area contributed by atoms with Gasteiger partial charge in [-0.15, -0.1) is 0 Å². The Morgan fingerprint density at radius 2 is 1.25 bits per heavy atom. The topological polar surface area (TPSA) is 40.5 Å². The van der Waals surface area contributed by atoms with E-state index in [2.05, 4.69) is 13.8 Å². The molecule has 0 radical (unpaired) electrons. The van der Waals surface area contributed by atoms with Gasteiger partial charge in [0.05, 0.1) is 0 Å². The molecular formula is C10H16O2. The molecule has 0 aromatic heterocycles. The predicted octanol–water partition coefficient (Wildman–Crippen LogP) is 2.90. The van der Waals surface area contributed by atoms with Gasteiger partial charge in [0.2, 0.25) is 0 Å². The van der Waals surface area contributed by atoms with E-state index in [9.17, 15) is 0 Å². The predicted molar refractivity (Wildman–Crippen MR) is 50.4 cm³/mol. The van der Waals surface area contributed by atoms with Crippen LogP contribution in [0.3, 0.4) is 0 Å². The van der Waals surface area contributed by atoms with Gasteiger partial charge in [-0.3, -0.25) is 0 Å². The number of benzene rings is 1. The van der Waals surface area contributed by atoms with Gasteiger partial charge in [-0.25, -0.2) is 0 Å². The lowest BCUT2D eigenvalue weighted by molar-refractivity contribution is 0.404. The number of unbranched alkanes of at least 4 members (excludes halogenated alkanes) is 1. The lowest BCUT2D eigenvalue weighted by Crippen LogP contribution is -1.63. The van der Waals surface area contributed by atoms with Gasteiger partial charge in [-0.1, -0.05) is 38.8 Å². The fourth-order valence-electron chi connectivity index (χ4n) is 0.464. The summed E-state index contributed by atoms with van der Waals surface area (Å²) >= 11 is 0. The van der Waals surface area contributed by atoms with Crippen LogP contribution in [0.2, 0.25) is 0 Å². The highest BCUT2D eigenvalue weighted by Crippen LogP contribution is 2.21. The number of aromatic hydroxyl groups is 2. The molecule has 2 heteroatoms. The summed E-state index contributed by atoms with van der Waals surface area (Å²) in [5, 5.41) is 17.3. The molecule has 0 unspecified atom stereocenters. The van der Waals surface area contributed by atoms with Gasteiger partial charge in [0.1, 0.15) is 0 Å². The summed E-state index contributed by atoms with van der Waals surface area (Å²) in [6, 6.07) is 6.15. The minimum Gasteiger partial charge on any atom is -0.504 e. The third-order valence-corrected chi connectivity index (χ3v) is 1.38. The summed E-state index contributed by atoms with van der Waals surface area (Å²) < 4.78 is 0. The average Bonchev–Trinajstić information content (AvgIpc) is 2.11. The largest absolute Gasteiger partial charge is 0.504 e. The zero-order valence-corrected chi connectivity index (χ0v) is 7.62. The molecule has 0 amide bonds. The molecule has 1 aromatic rings. The molecule has 0 aliphatic heterocycles. The van der Waals surface area contributed by atoms with E-state index in [1.54, 1.807) is 12.1 Å². The summed E-state index contributed by atoms with van der Waals surface area (Å²) in [6.07, 6.45) is 2.64. The van der Waals surface area contributed by atoms with Crippen LogP contribution in [-0.2, 0) is 0 Å². The molecule has 0 saturated heterocycles. The molecule has 68 valence electrons. The van der Waals surface area contributed by atoms with Crippen molar-refractivity contribution in [3.05, 3.63) is 24.3 Å². The molecule has 0 aliphatic rings. The second-order valence-electron chi connectivity index (χ2n) is 2.49. The van der Waals surface area contributed by atoms with Crippen LogP contribution in [0, 0.1) is 0 Å². The Morgan fingerprint density at radius 3 is 1.42 bits per heavy atom. The summed E-state index contributed by atoms with van der Waals surface area (Å²) in [7, 11) is 0. The Balaban J connectivity index is 0.000000261. The van der Waals surface area contributed by atoms with Crippen LogP contribution in [0.15, 0.2) is 24.3 Å². The van der Waals surface area contributed by atoms with E-state index >= 15 is 0 Å². The monoisotopic (exact) mass is 168 g/mol. The first-order valence-electron chi connectivity index (χ1n) is 4.19. The smallest absolute Gasteiger partial charge is 0.157 e. The minimum atomic E-state index is -0.0764. The van der Waals surface area contributed by atoms with Crippen LogP contribution in [-0.4, -0.2) is 10.2 Å². The number of hydrogen-bond donors (Lipinski definition) is 2. The molecule has 0 aliphatic carbocycles. The summed E-state index contributed by atoms with van der Waals surface area (Å²) in [5.41, 5.74) is 0. The second-order valence-corrected chi connectivity index (χ2v) is 2.49. The normalized spacial score (nSPS) is 8.50. The van der Waals surface area contributed by atoms with E-state index in [0.717, 1.165) is 0 Å². The number of para-hydroxylation sites is 2. The van der Waals surface area contributed by atoms with Crippen molar-refractivity contribution in [1.82, 2.24) is 0 Å². The third kappa shape index (κ3) is 4.61. The number of rotatable bonds is 1.